The summed E-state index contributed by atoms with van der Waals surface area (Å²) in [5.74, 6) is -4.75. The van der Waals surface area contributed by atoms with Crippen molar-refractivity contribution in [3.05, 3.63) is 53.5 Å². The van der Waals surface area contributed by atoms with Crippen LogP contribution in [0.4, 0.5) is 13.2 Å². The molecule has 0 amide bonds. The van der Waals surface area contributed by atoms with Crippen LogP contribution < -0.4 is 4.74 Å². The summed E-state index contributed by atoms with van der Waals surface area (Å²) < 4.78 is 43.7. The molecular formula is C12H5F3N2O. The van der Waals surface area contributed by atoms with Crippen molar-refractivity contribution in [3.63, 3.8) is 0 Å². The molecule has 6 heteroatoms. The molecule has 0 spiro atoms. The maximum atomic E-state index is 13.3. The average Bonchev–Trinajstić information content (AvgIpc) is 2.36. The summed E-state index contributed by atoms with van der Waals surface area (Å²) in [5, 5.41) is 8.79. The van der Waals surface area contributed by atoms with E-state index < -0.39 is 23.5 Å². The zero-order chi connectivity index (χ0) is 13.1. The lowest BCUT2D eigenvalue weighted by atomic mass is 10.2. The van der Waals surface area contributed by atoms with Gasteiger partial charge >= 0.3 is 0 Å². The van der Waals surface area contributed by atoms with E-state index in [9.17, 15) is 13.2 Å². The first-order valence-corrected chi connectivity index (χ1v) is 4.80. The van der Waals surface area contributed by atoms with E-state index in [2.05, 4.69) is 4.98 Å². The number of nitrogens with zero attached hydrogens (tertiary/aromatic N) is 2. The molecule has 1 heterocycles. The van der Waals surface area contributed by atoms with Crippen LogP contribution in [0.15, 0.2) is 30.3 Å². The van der Waals surface area contributed by atoms with Crippen molar-refractivity contribution in [1.82, 2.24) is 4.98 Å². The van der Waals surface area contributed by atoms with E-state index in [1.165, 1.54) is 12.1 Å². The number of nitriles is 1. The fraction of sp³-hybridized carbons (Fsp3) is 0. The van der Waals surface area contributed by atoms with E-state index in [0.717, 1.165) is 0 Å². The summed E-state index contributed by atoms with van der Waals surface area (Å²) in [7, 11) is 0. The molecule has 18 heavy (non-hydrogen) atoms. The van der Waals surface area contributed by atoms with Crippen molar-refractivity contribution in [3.8, 4) is 17.7 Å². The number of ether oxygens (including phenoxy) is 1. The van der Waals surface area contributed by atoms with Gasteiger partial charge in [-0.05, 0) is 12.1 Å². The molecule has 3 nitrogen and oxygen atoms in total. The molecule has 0 saturated heterocycles. The van der Waals surface area contributed by atoms with Crippen LogP contribution in [0.25, 0.3) is 0 Å². The fourth-order valence-electron chi connectivity index (χ4n) is 1.25. The third kappa shape index (κ3) is 2.25. The highest BCUT2D eigenvalue weighted by Gasteiger charge is 2.14. The largest absolute Gasteiger partial charge is 0.435 e. The highest BCUT2D eigenvalue weighted by Crippen LogP contribution is 2.26. The Labute approximate surface area is 100 Å². The summed E-state index contributed by atoms with van der Waals surface area (Å²) in [6, 6.07) is 8.11. The lowest BCUT2D eigenvalue weighted by molar-refractivity contribution is 0.386. The monoisotopic (exact) mass is 250 g/mol. The third-order valence-electron chi connectivity index (χ3n) is 2.07. The molecule has 1 aromatic carbocycles. The van der Waals surface area contributed by atoms with E-state index in [-0.39, 0.29) is 11.3 Å². The fourth-order valence-corrected chi connectivity index (χ4v) is 1.25. The molecule has 0 aliphatic rings. The van der Waals surface area contributed by atoms with Gasteiger partial charge in [-0.15, -0.1) is 0 Å². The molecule has 90 valence electrons. The Morgan fingerprint density at radius 1 is 1.11 bits per heavy atom. The second-order valence-corrected chi connectivity index (χ2v) is 3.26. The van der Waals surface area contributed by atoms with Crippen molar-refractivity contribution in [2.75, 3.05) is 0 Å². The first-order valence-electron chi connectivity index (χ1n) is 4.80. The van der Waals surface area contributed by atoms with Crippen LogP contribution in [0.2, 0.25) is 0 Å². The number of pyridine rings is 1. The molecule has 0 aliphatic heterocycles. The first-order chi connectivity index (χ1) is 8.61. The summed E-state index contributed by atoms with van der Waals surface area (Å²) in [6.45, 7) is 0. The zero-order valence-corrected chi connectivity index (χ0v) is 8.82. The van der Waals surface area contributed by atoms with E-state index in [1.54, 1.807) is 12.1 Å². The van der Waals surface area contributed by atoms with Gasteiger partial charge < -0.3 is 4.74 Å². The number of hydrogen-bond acceptors (Lipinski definition) is 3. The van der Waals surface area contributed by atoms with Crippen molar-refractivity contribution < 1.29 is 17.9 Å². The second kappa shape index (κ2) is 4.75. The number of hydrogen-bond donors (Lipinski definition) is 0. The van der Waals surface area contributed by atoms with Gasteiger partial charge in [0.2, 0.25) is 0 Å². The molecular weight excluding hydrogens is 245 g/mol. The van der Waals surface area contributed by atoms with Crippen LogP contribution in [0.1, 0.15) is 5.56 Å². The van der Waals surface area contributed by atoms with Crippen LogP contribution in [0.5, 0.6) is 11.6 Å². The number of rotatable bonds is 2. The minimum absolute atomic E-state index is 0.0115. The highest BCUT2D eigenvalue weighted by atomic mass is 19.2. The molecule has 0 fully saturated rings. The maximum Gasteiger partial charge on any atom is 0.258 e. The molecule has 2 rings (SSSR count). The van der Waals surface area contributed by atoms with Gasteiger partial charge in [-0.1, -0.05) is 12.1 Å². The Bertz CT molecular complexity index is 638. The van der Waals surface area contributed by atoms with Gasteiger partial charge in [0.05, 0.1) is 5.56 Å². The lowest BCUT2D eigenvalue weighted by Crippen LogP contribution is -1.98. The number of aromatic nitrogens is 1. The molecule has 2 aromatic rings. The Morgan fingerprint density at radius 3 is 2.56 bits per heavy atom. The quantitative estimate of drug-likeness (QED) is 0.769. The summed E-state index contributed by atoms with van der Waals surface area (Å²) in [5.41, 5.74) is 0.128. The van der Waals surface area contributed by atoms with Gasteiger partial charge in [0.25, 0.3) is 11.8 Å². The summed E-state index contributed by atoms with van der Waals surface area (Å²) in [4.78, 5) is 2.99. The lowest BCUT2D eigenvalue weighted by Gasteiger charge is -2.07. The van der Waals surface area contributed by atoms with Crippen molar-refractivity contribution in [2.45, 2.75) is 0 Å². The van der Waals surface area contributed by atoms with Gasteiger partial charge in [0.15, 0.2) is 11.6 Å². The molecule has 0 unspecified atom stereocenters. The molecule has 0 radical (unpaired) electrons. The maximum absolute atomic E-state index is 13.3. The topological polar surface area (TPSA) is 45.9 Å². The predicted octanol–water partition coefficient (Wildman–Crippen LogP) is 3.16. The highest BCUT2D eigenvalue weighted by molar-refractivity contribution is 5.44. The number of para-hydroxylation sites is 1. The molecule has 0 atom stereocenters. The Hall–Kier alpha value is -2.55. The van der Waals surface area contributed by atoms with Crippen LogP contribution in [0, 0.1) is 28.9 Å². The first kappa shape index (κ1) is 11.9. The van der Waals surface area contributed by atoms with Crippen LogP contribution in [0.3, 0.4) is 0 Å². The Balaban J connectivity index is 2.41. The van der Waals surface area contributed by atoms with Gasteiger partial charge in [-0.25, -0.2) is 8.78 Å². The van der Waals surface area contributed by atoms with Crippen LogP contribution in [-0.4, -0.2) is 4.98 Å². The van der Waals surface area contributed by atoms with Gasteiger partial charge in [0, 0.05) is 6.07 Å². The van der Waals surface area contributed by atoms with Crippen molar-refractivity contribution >= 4 is 0 Å². The zero-order valence-electron chi connectivity index (χ0n) is 8.82. The van der Waals surface area contributed by atoms with Crippen molar-refractivity contribution in [1.29, 1.82) is 5.26 Å². The molecule has 0 N–H and O–H groups in total. The average molecular weight is 250 g/mol. The number of halogens is 3. The molecule has 0 aliphatic carbocycles. The summed E-state index contributed by atoms with van der Waals surface area (Å²) >= 11 is 0. The Morgan fingerprint density at radius 2 is 1.83 bits per heavy atom. The summed E-state index contributed by atoms with van der Waals surface area (Å²) in [6.07, 6.45) is 0. The standard InChI is InChI=1S/C12H5F3N2O/c13-8-5-9(14)12(17-11(8)15)18-10-4-2-1-3-7(10)6-16/h1-5H. The second-order valence-electron chi connectivity index (χ2n) is 3.26. The van der Waals surface area contributed by atoms with Gasteiger partial charge in [-0.2, -0.15) is 14.6 Å². The minimum atomic E-state index is -1.47. The van der Waals surface area contributed by atoms with Gasteiger partial charge in [0.1, 0.15) is 11.8 Å². The van der Waals surface area contributed by atoms with E-state index in [4.69, 9.17) is 10.00 Å². The van der Waals surface area contributed by atoms with Gasteiger partial charge in [-0.3, -0.25) is 0 Å². The molecule has 0 saturated carbocycles. The smallest absolute Gasteiger partial charge is 0.258 e. The van der Waals surface area contributed by atoms with E-state index >= 15 is 0 Å². The Kier molecular flexibility index (Phi) is 3.15. The SMILES string of the molecule is N#Cc1ccccc1Oc1nc(F)c(F)cc1F. The van der Waals surface area contributed by atoms with Crippen molar-refractivity contribution in [2.24, 2.45) is 0 Å². The minimum Gasteiger partial charge on any atom is -0.435 e. The molecule has 1 aromatic heterocycles. The van der Waals surface area contributed by atoms with Crippen LogP contribution >= 0.6 is 0 Å². The molecule has 0 bridgehead atoms. The normalized spacial score (nSPS) is 9.89. The van der Waals surface area contributed by atoms with E-state index in [0.29, 0.717) is 6.07 Å². The van der Waals surface area contributed by atoms with E-state index in [1.807, 2.05) is 6.07 Å². The predicted molar refractivity (Wildman–Crippen MR) is 55.3 cm³/mol. The third-order valence-corrected chi connectivity index (χ3v) is 2.07. The number of benzene rings is 1. The van der Waals surface area contributed by atoms with Crippen LogP contribution in [-0.2, 0) is 0 Å².